The van der Waals surface area contributed by atoms with Crippen LogP contribution in [0.2, 0.25) is 5.02 Å². The highest BCUT2D eigenvalue weighted by Crippen LogP contribution is 2.25. The van der Waals surface area contributed by atoms with Gasteiger partial charge in [-0.1, -0.05) is 17.5 Å². The first kappa shape index (κ1) is 11.4. The zero-order valence-electron chi connectivity index (χ0n) is 8.63. The average molecular weight is 219 g/mol. The molecule has 0 amide bonds. The molecule has 0 aliphatic heterocycles. The van der Waals surface area contributed by atoms with E-state index in [1.807, 2.05) is 19.9 Å². The second-order valence-corrected chi connectivity index (χ2v) is 4.11. The van der Waals surface area contributed by atoms with E-state index >= 15 is 0 Å². The minimum absolute atomic E-state index is 0.461. The van der Waals surface area contributed by atoms with E-state index in [2.05, 4.69) is 11.2 Å². The lowest BCUT2D eigenvalue weighted by Crippen LogP contribution is -2.28. The van der Waals surface area contributed by atoms with E-state index in [0.29, 0.717) is 10.6 Å². The van der Waals surface area contributed by atoms with Crippen molar-refractivity contribution in [1.29, 1.82) is 5.26 Å². The smallest absolute Gasteiger partial charge is 0.0992 e. The van der Waals surface area contributed by atoms with Crippen molar-refractivity contribution < 1.29 is 0 Å². The van der Waals surface area contributed by atoms with Crippen molar-refractivity contribution >= 4 is 17.3 Å². The molecule has 0 aliphatic carbocycles. The summed E-state index contributed by atoms with van der Waals surface area (Å²) in [5.41, 5.74) is 0.806. The van der Waals surface area contributed by atoms with Crippen LogP contribution >= 0.6 is 11.6 Å². The SMILES string of the molecule is C#CC(C)(C)Nc1ccc(C#N)cc1Cl. The number of anilines is 1. The van der Waals surface area contributed by atoms with Crippen molar-refractivity contribution in [2.24, 2.45) is 0 Å². The van der Waals surface area contributed by atoms with Crippen LogP contribution in [0.15, 0.2) is 18.2 Å². The normalized spacial score (nSPS) is 10.2. The van der Waals surface area contributed by atoms with Crippen molar-refractivity contribution in [1.82, 2.24) is 0 Å². The predicted molar refractivity (Wildman–Crippen MR) is 62.7 cm³/mol. The molecular weight excluding hydrogens is 208 g/mol. The minimum Gasteiger partial charge on any atom is -0.368 e. The lowest BCUT2D eigenvalue weighted by molar-refractivity contribution is 0.742. The summed E-state index contributed by atoms with van der Waals surface area (Å²) < 4.78 is 0. The van der Waals surface area contributed by atoms with E-state index in [9.17, 15) is 0 Å². The lowest BCUT2D eigenvalue weighted by Gasteiger charge is -2.21. The summed E-state index contributed by atoms with van der Waals surface area (Å²) in [5, 5.41) is 12.3. The molecule has 0 saturated carbocycles. The van der Waals surface area contributed by atoms with Crippen LogP contribution in [0.25, 0.3) is 0 Å². The Morgan fingerprint density at radius 2 is 2.13 bits per heavy atom. The molecule has 15 heavy (non-hydrogen) atoms. The standard InChI is InChI=1S/C12H11ClN2/c1-4-12(2,3)15-11-6-5-9(8-14)7-10(11)13/h1,5-7,15H,2-3H3. The molecule has 0 saturated heterocycles. The van der Waals surface area contributed by atoms with Gasteiger partial charge >= 0.3 is 0 Å². The van der Waals surface area contributed by atoms with Crippen LogP contribution in [0.1, 0.15) is 19.4 Å². The maximum atomic E-state index is 8.67. The van der Waals surface area contributed by atoms with Gasteiger partial charge in [-0.2, -0.15) is 5.26 Å². The van der Waals surface area contributed by atoms with Crippen molar-refractivity contribution in [3.8, 4) is 18.4 Å². The highest BCUT2D eigenvalue weighted by atomic mass is 35.5. The van der Waals surface area contributed by atoms with E-state index in [-0.39, 0.29) is 0 Å². The molecule has 0 aromatic heterocycles. The Morgan fingerprint density at radius 3 is 2.60 bits per heavy atom. The highest BCUT2D eigenvalue weighted by molar-refractivity contribution is 6.33. The van der Waals surface area contributed by atoms with Gasteiger partial charge in [-0.25, -0.2) is 0 Å². The molecule has 0 spiro atoms. The third-order valence-corrected chi connectivity index (χ3v) is 2.22. The van der Waals surface area contributed by atoms with Crippen molar-refractivity contribution in [2.45, 2.75) is 19.4 Å². The summed E-state index contributed by atoms with van der Waals surface area (Å²) in [7, 11) is 0. The minimum atomic E-state index is -0.461. The number of nitriles is 1. The molecule has 0 unspecified atom stereocenters. The van der Waals surface area contributed by atoms with E-state index in [0.717, 1.165) is 5.69 Å². The quantitative estimate of drug-likeness (QED) is 0.775. The van der Waals surface area contributed by atoms with E-state index < -0.39 is 5.54 Å². The van der Waals surface area contributed by atoms with Crippen molar-refractivity contribution in [2.75, 3.05) is 5.32 Å². The van der Waals surface area contributed by atoms with Gasteiger partial charge in [-0.3, -0.25) is 0 Å². The molecule has 1 aromatic carbocycles. The van der Waals surface area contributed by atoms with Gasteiger partial charge in [0.1, 0.15) is 0 Å². The second-order valence-electron chi connectivity index (χ2n) is 3.70. The number of terminal acetylenes is 1. The fourth-order valence-corrected chi connectivity index (χ4v) is 1.29. The van der Waals surface area contributed by atoms with Gasteiger partial charge in [0, 0.05) is 0 Å². The summed E-state index contributed by atoms with van der Waals surface area (Å²) in [6.45, 7) is 3.75. The molecule has 1 rings (SSSR count). The number of benzene rings is 1. The zero-order valence-corrected chi connectivity index (χ0v) is 9.39. The van der Waals surface area contributed by atoms with Gasteiger partial charge in [0.2, 0.25) is 0 Å². The monoisotopic (exact) mass is 218 g/mol. The number of halogens is 1. The number of hydrogen-bond donors (Lipinski definition) is 1. The first-order valence-electron chi connectivity index (χ1n) is 4.44. The van der Waals surface area contributed by atoms with E-state index in [1.165, 1.54) is 0 Å². The Labute approximate surface area is 94.9 Å². The molecule has 0 atom stereocenters. The van der Waals surface area contributed by atoms with Gasteiger partial charge in [-0.15, -0.1) is 6.42 Å². The Bertz CT molecular complexity index is 450. The fourth-order valence-electron chi connectivity index (χ4n) is 1.06. The lowest BCUT2D eigenvalue weighted by atomic mass is 10.1. The van der Waals surface area contributed by atoms with Crippen LogP contribution in [0, 0.1) is 23.7 Å². The van der Waals surface area contributed by atoms with Crippen LogP contribution in [-0.4, -0.2) is 5.54 Å². The van der Waals surface area contributed by atoms with Crippen molar-refractivity contribution in [3.63, 3.8) is 0 Å². The van der Waals surface area contributed by atoms with Gasteiger partial charge < -0.3 is 5.32 Å². The first-order chi connectivity index (χ1) is 6.98. The van der Waals surface area contributed by atoms with Crippen LogP contribution in [0.4, 0.5) is 5.69 Å². The summed E-state index contributed by atoms with van der Waals surface area (Å²) >= 11 is 5.99. The molecule has 0 bridgehead atoms. The van der Waals surface area contributed by atoms with Crippen LogP contribution in [-0.2, 0) is 0 Å². The zero-order chi connectivity index (χ0) is 11.5. The number of nitrogens with one attached hydrogen (secondary N) is 1. The summed E-state index contributed by atoms with van der Waals surface area (Å²) in [6, 6.07) is 7.07. The number of rotatable bonds is 2. The van der Waals surface area contributed by atoms with Crippen LogP contribution in [0.5, 0.6) is 0 Å². The number of nitrogens with zero attached hydrogens (tertiary/aromatic N) is 1. The van der Waals surface area contributed by atoms with Crippen molar-refractivity contribution in [3.05, 3.63) is 28.8 Å². The topological polar surface area (TPSA) is 35.8 Å². The second kappa shape index (κ2) is 4.26. The maximum Gasteiger partial charge on any atom is 0.0992 e. The molecule has 0 radical (unpaired) electrons. The Morgan fingerprint density at radius 1 is 1.47 bits per heavy atom. The molecule has 0 aliphatic rings. The summed E-state index contributed by atoms with van der Waals surface area (Å²) in [5.74, 6) is 2.61. The molecule has 0 heterocycles. The first-order valence-corrected chi connectivity index (χ1v) is 4.82. The van der Waals surface area contributed by atoms with Crippen LogP contribution in [0.3, 0.4) is 0 Å². The predicted octanol–water partition coefficient (Wildman–Crippen LogP) is 3.04. The van der Waals surface area contributed by atoms with Crippen LogP contribution < -0.4 is 5.32 Å². The molecule has 0 fully saturated rings. The summed E-state index contributed by atoms with van der Waals surface area (Å²) in [6.07, 6.45) is 5.35. The maximum absolute atomic E-state index is 8.67. The average Bonchev–Trinajstić information content (AvgIpc) is 2.21. The fraction of sp³-hybridized carbons (Fsp3) is 0.250. The third kappa shape index (κ3) is 2.91. The molecule has 1 aromatic rings. The Kier molecular flexibility index (Phi) is 3.24. The highest BCUT2D eigenvalue weighted by Gasteiger charge is 2.14. The molecule has 3 heteroatoms. The molecule has 2 nitrogen and oxygen atoms in total. The number of hydrogen-bond acceptors (Lipinski definition) is 2. The Hall–Kier alpha value is -1.64. The Balaban J connectivity index is 3.00. The molecule has 76 valence electrons. The van der Waals surface area contributed by atoms with Gasteiger partial charge in [0.05, 0.1) is 27.9 Å². The van der Waals surface area contributed by atoms with Gasteiger partial charge in [0.25, 0.3) is 0 Å². The third-order valence-electron chi connectivity index (χ3n) is 1.91. The van der Waals surface area contributed by atoms with E-state index in [1.54, 1.807) is 18.2 Å². The van der Waals surface area contributed by atoms with E-state index in [4.69, 9.17) is 23.3 Å². The molecular formula is C12H11ClN2. The molecule has 1 N–H and O–H groups in total. The van der Waals surface area contributed by atoms with Gasteiger partial charge in [0.15, 0.2) is 0 Å². The summed E-state index contributed by atoms with van der Waals surface area (Å²) in [4.78, 5) is 0. The van der Waals surface area contributed by atoms with Gasteiger partial charge in [-0.05, 0) is 32.0 Å². The largest absolute Gasteiger partial charge is 0.368 e.